The fraction of sp³-hybridized carbons (Fsp3) is 0.634. The summed E-state index contributed by atoms with van der Waals surface area (Å²) in [6.07, 6.45) is 1.43. The van der Waals surface area contributed by atoms with Crippen molar-refractivity contribution in [2.24, 2.45) is 29.6 Å². The molecule has 2 N–H and O–H groups in total. The highest BCUT2D eigenvalue weighted by Crippen LogP contribution is 2.40. The molecule has 2 aromatic rings. The monoisotopic (exact) mass is 736 g/mol. The lowest BCUT2D eigenvalue weighted by Gasteiger charge is -2.46. The van der Waals surface area contributed by atoms with Crippen molar-refractivity contribution in [3.63, 3.8) is 0 Å². The molecule has 12 nitrogen and oxygen atoms in total. The topological polar surface area (TPSA) is 160 Å². The van der Waals surface area contributed by atoms with Gasteiger partial charge in [0.2, 0.25) is 0 Å². The van der Waals surface area contributed by atoms with Crippen molar-refractivity contribution in [2.75, 3.05) is 6.61 Å². The molecule has 1 amide bonds. The third kappa shape index (κ3) is 8.51. The first-order valence-electron chi connectivity index (χ1n) is 18.9. The van der Waals surface area contributed by atoms with Gasteiger partial charge in [0.05, 0.1) is 36.0 Å². The van der Waals surface area contributed by atoms with Crippen LogP contribution in [-0.4, -0.2) is 88.3 Å². The van der Waals surface area contributed by atoms with Gasteiger partial charge in [-0.25, -0.2) is 4.79 Å². The van der Waals surface area contributed by atoms with Crippen LogP contribution in [0.3, 0.4) is 0 Å². The van der Waals surface area contributed by atoms with Crippen LogP contribution < -0.4 is 5.32 Å². The number of amides is 1. The van der Waals surface area contributed by atoms with Crippen LogP contribution in [0, 0.1) is 29.6 Å². The molecular formula is C41H56N2O10. The Morgan fingerprint density at radius 3 is 2.45 bits per heavy atom. The molecule has 3 aliphatic heterocycles. The van der Waals surface area contributed by atoms with Gasteiger partial charge in [-0.05, 0) is 70.6 Å². The fourth-order valence-corrected chi connectivity index (χ4v) is 8.48. The van der Waals surface area contributed by atoms with Crippen LogP contribution in [0.5, 0.6) is 0 Å². The predicted octanol–water partition coefficient (Wildman–Crippen LogP) is 5.82. The summed E-state index contributed by atoms with van der Waals surface area (Å²) in [5, 5.41) is 15.0. The SMILES string of the molecule is CC[C@H]1OC(=O)[C@H](C)C(=O)[C@H](C)[C@@H](OC2O[C@H](C)C[C@H](C)[C@H]2O)[C@@](C)(OC/C=C/c2cnc3ccccc3c2)C[C@H](C)C(=O)[C@H](C)[C@H]2NC(=O)O[C@@]21C. The third-order valence-electron chi connectivity index (χ3n) is 11.5. The number of aliphatic hydroxyl groups is 1. The third-order valence-corrected chi connectivity index (χ3v) is 11.5. The number of nitrogens with zero attached hydrogens (tertiary/aromatic N) is 1. The van der Waals surface area contributed by atoms with Crippen LogP contribution in [0.1, 0.15) is 87.1 Å². The molecule has 290 valence electrons. The number of carbonyl (C=O) groups is 4. The maximum atomic E-state index is 14.3. The van der Waals surface area contributed by atoms with Gasteiger partial charge in [-0.3, -0.25) is 19.4 Å². The first-order valence-corrected chi connectivity index (χ1v) is 18.9. The first-order chi connectivity index (χ1) is 25.0. The lowest BCUT2D eigenvalue weighted by Crippen LogP contribution is -2.59. The number of carbonyl (C=O) groups excluding carboxylic acids is 4. The zero-order valence-corrected chi connectivity index (χ0v) is 32.4. The maximum Gasteiger partial charge on any atom is 0.408 e. The number of hydrogen-bond donors (Lipinski definition) is 2. The lowest BCUT2D eigenvalue weighted by atomic mass is 9.73. The molecule has 3 saturated heterocycles. The Morgan fingerprint density at radius 1 is 1.02 bits per heavy atom. The van der Waals surface area contributed by atoms with Gasteiger partial charge in [-0.1, -0.05) is 65.0 Å². The van der Waals surface area contributed by atoms with Gasteiger partial charge < -0.3 is 34.1 Å². The minimum Gasteiger partial charge on any atom is -0.458 e. The first kappa shape index (κ1) is 40.5. The zero-order valence-electron chi connectivity index (χ0n) is 32.4. The minimum atomic E-state index is -1.37. The summed E-state index contributed by atoms with van der Waals surface area (Å²) in [4.78, 5) is 59.6. The molecule has 53 heavy (non-hydrogen) atoms. The van der Waals surface area contributed by atoms with Crippen LogP contribution in [0.25, 0.3) is 17.0 Å². The number of cyclic esters (lactones) is 1. The molecule has 0 radical (unpaired) electrons. The van der Waals surface area contributed by atoms with Gasteiger partial charge in [0.15, 0.2) is 17.7 Å². The van der Waals surface area contributed by atoms with Crippen molar-refractivity contribution >= 4 is 40.6 Å². The van der Waals surface area contributed by atoms with E-state index in [2.05, 4.69) is 10.3 Å². The number of pyridine rings is 1. The van der Waals surface area contributed by atoms with Gasteiger partial charge >= 0.3 is 12.1 Å². The molecule has 1 unspecified atom stereocenters. The summed E-state index contributed by atoms with van der Waals surface area (Å²) >= 11 is 0. The van der Waals surface area contributed by atoms with E-state index in [1.54, 1.807) is 47.7 Å². The molecule has 1 aromatic heterocycles. The second-order valence-corrected chi connectivity index (χ2v) is 15.8. The Hall–Kier alpha value is -3.71. The summed E-state index contributed by atoms with van der Waals surface area (Å²) in [6.45, 7) is 15.8. The molecule has 0 aliphatic carbocycles. The number of benzene rings is 1. The molecule has 5 rings (SSSR count). The largest absolute Gasteiger partial charge is 0.458 e. The second-order valence-electron chi connectivity index (χ2n) is 15.8. The van der Waals surface area contributed by atoms with Gasteiger partial charge in [-0.2, -0.15) is 0 Å². The minimum absolute atomic E-state index is 0.0712. The molecule has 0 saturated carbocycles. The number of rotatable bonds is 7. The molecule has 4 heterocycles. The maximum absolute atomic E-state index is 14.3. The van der Waals surface area contributed by atoms with Gasteiger partial charge in [0.1, 0.15) is 23.9 Å². The van der Waals surface area contributed by atoms with E-state index in [4.69, 9.17) is 23.7 Å². The van der Waals surface area contributed by atoms with E-state index >= 15 is 0 Å². The number of ketones is 2. The van der Waals surface area contributed by atoms with Crippen LogP contribution in [0.2, 0.25) is 0 Å². The second kappa shape index (κ2) is 16.3. The predicted molar refractivity (Wildman–Crippen MR) is 197 cm³/mol. The standard InChI is InChI=1S/C41H56N2O10/c1-10-31-41(9)35(43-39(48)53-41)25(5)32(44)23(3)20-40(8,49-17-13-14-28-19-29-15-11-12-16-30(29)42-21-28)36(26(6)34(46)27(7)37(47)51-31)52-38-33(45)22(2)18-24(4)50-38/h11-16,19,21-27,31,33,35-36,38,45H,10,17-18,20H2,1-9H3,(H,43,48)/b14-13+/t22-,23-,24+,25-,26-,27+,31+,33+,35+,36+,38?,40-,41+/m0/s1. The molecule has 1 aromatic carbocycles. The Bertz CT molecular complexity index is 1700. The Kier molecular flexibility index (Phi) is 12.5. The summed E-state index contributed by atoms with van der Waals surface area (Å²) in [5.74, 6) is -5.20. The Labute approximate surface area is 312 Å². The van der Waals surface area contributed by atoms with Crippen molar-refractivity contribution < 1.29 is 48.0 Å². The van der Waals surface area contributed by atoms with E-state index in [-0.39, 0.29) is 37.3 Å². The fourth-order valence-electron chi connectivity index (χ4n) is 8.48. The summed E-state index contributed by atoms with van der Waals surface area (Å²) < 4.78 is 31.1. The van der Waals surface area contributed by atoms with Crippen molar-refractivity contribution in [3.8, 4) is 0 Å². The zero-order chi connectivity index (χ0) is 38.8. The van der Waals surface area contributed by atoms with E-state index in [9.17, 15) is 24.3 Å². The van der Waals surface area contributed by atoms with Crippen LogP contribution in [-0.2, 0) is 38.1 Å². The smallest absolute Gasteiger partial charge is 0.408 e. The van der Waals surface area contributed by atoms with Gasteiger partial charge in [0.25, 0.3) is 0 Å². The van der Waals surface area contributed by atoms with Crippen molar-refractivity contribution in [3.05, 3.63) is 48.2 Å². The molecular weight excluding hydrogens is 680 g/mol. The highest BCUT2D eigenvalue weighted by atomic mass is 16.7. The van der Waals surface area contributed by atoms with Crippen LogP contribution >= 0.6 is 0 Å². The number of aliphatic hydroxyl groups excluding tert-OH is 1. The molecule has 12 heteroatoms. The number of ether oxygens (including phenoxy) is 5. The summed E-state index contributed by atoms with van der Waals surface area (Å²) in [5.41, 5.74) is -0.963. The van der Waals surface area contributed by atoms with Crippen molar-refractivity contribution in [1.29, 1.82) is 0 Å². The van der Waals surface area contributed by atoms with E-state index < -0.39 is 83.4 Å². The molecule has 13 atom stereocenters. The van der Waals surface area contributed by atoms with Crippen molar-refractivity contribution in [2.45, 2.75) is 130 Å². The highest BCUT2D eigenvalue weighted by molar-refractivity contribution is 6.00. The number of Topliss-reactive ketones (excluding diaryl/α,β-unsaturated/α-hetero) is 2. The Morgan fingerprint density at radius 2 is 1.74 bits per heavy atom. The normalized spacial score (nSPS) is 38.9. The van der Waals surface area contributed by atoms with E-state index in [0.29, 0.717) is 6.42 Å². The number of para-hydroxylation sites is 1. The number of nitrogens with one attached hydrogen (secondary N) is 1. The quantitative estimate of drug-likeness (QED) is 0.261. The highest BCUT2D eigenvalue weighted by Gasteiger charge is 2.57. The van der Waals surface area contributed by atoms with E-state index in [1.165, 1.54) is 6.92 Å². The number of hydrogen-bond acceptors (Lipinski definition) is 11. The number of alkyl carbamates (subject to hydrolysis) is 1. The van der Waals surface area contributed by atoms with Crippen LogP contribution in [0.15, 0.2) is 42.6 Å². The average molecular weight is 737 g/mol. The molecule has 0 spiro atoms. The number of fused-ring (bicyclic) bond motifs is 2. The molecule has 3 aliphatic rings. The summed E-state index contributed by atoms with van der Waals surface area (Å²) in [7, 11) is 0. The number of aromatic nitrogens is 1. The lowest BCUT2D eigenvalue weighted by molar-refractivity contribution is -0.296. The molecule has 0 bridgehead atoms. The number of esters is 1. The van der Waals surface area contributed by atoms with Gasteiger partial charge in [-0.15, -0.1) is 0 Å². The van der Waals surface area contributed by atoms with Crippen LogP contribution in [0.4, 0.5) is 4.79 Å². The summed E-state index contributed by atoms with van der Waals surface area (Å²) in [6, 6.07) is 9.01. The van der Waals surface area contributed by atoms with E-state index in [0.717, 1.165) is 16.5 Å². The van der Waals surface area contributed by atoms with Gasteiger partial charge in [0, 0.05) is 29.3 Å². The Balaban J connectivity index is 1.54. The van der Waals surface area contributed by atoms with E-state index in [1.807, 2.05) is 56.3 Å². The average Bonchev–Trinajstić information content (AvgIpc) is 3.44. The van der Waals surface area contributed by atoms with Crippen molar-refractivity contribution in [1.82, 2.24) is 10.3 Å². The molecule has 3 fully saturated rings.